The van der Waals surface area contributed by atoms with Crippen molar-refractivity contribution in [2.75, 3.05) is 6.54 Å². The lowest BCUT2D eigenvalue weighted by molar-refractivity contribution is 0.471. The van der Waals surface area contributed by atoms with E-state index in [0.29, 0.717) is 24.5 Å². The van der Waals surface area contributed by atoms with Crippen LogP contribution in [0.5, 0.6) is 11.5 Å². The van der Waals surface area contributed by atoms with Gasteiger partial charge in [0.15, 0.2) is 0 Å². The highest BCUT2D eigenvalue weighted by atomic mass is 19.1. The van der Waals surface area contributed by atoms with Gasteiger partial charge >= 0.3 is 0 Å². The number of pyridine rings is 1. The van der Waals surface area contributed by atoms with Crippen LogP contribution in [-0.2, 0) is 6.42 Å². The molecule has 0 bridgehead atoms. The Kier molecular flexibility index (Phi) is 3.89. The molecule has 0 radical (unpaired) electrons. The predicted octanol–water partition coefficient (Wildman–Crippen LogP) is 2.82. The molecule has 0 atom stereocenters. The maximum Gasteiger partial charge on any atom is 0.145 e. The summed E-state index contributed by atoms with van der Waals surface area (Å²) < 4.78 is 18.8. The van der Waals surface area contributed by atoms with Gasteiger partial charge in [0.05, 0.1) is 6.20 Å². The van der Waals surface area contributed by atoms with Gasteiger partial charge in [0.25, 0.3) is 0 Å². The number of aromatic nitrogens is 1. The van der Waals surface area contributed by atoms with E-state index in [1.54, 1.807) is 12.3 Å². The zero-order valence-electron chi connectivity index (χ0n) is 10.2. The first-order valence-electron chi connectivity index (χ1n) is 5.78. The lowest BCUT2D eigenvalue weighted by Gasteiger charge is -2.10. The molecule has 1 aromatic heterocycles. The van der Waals surface area contributed by atoms with E-state index < -0.39 is 0 Å². The molecule has 2 aromatic rings. The third-order valence-corrected chi connectivity index (χ3v) is 2.55. The second-order valence-corrected chi connectivity index (χ2v) is 4.03. The van der Waals surface area contributed by atoms with Crippen molar-refractivity contribution in [3.05, 3.63) is 53.6 Å². The number of hydrogen-bond donors (Lipinski definition) is 1. The van der Waals surface area contributed by atoms with Crippen molar-refractivity contribution in [1.29, 1.82) is 0 Å². The lowest BCUT2D eigenvalue weighted by atomic mass is 10.1. The van der Waals surface area contributed by atoms with Gasteiger partial charge in [0, 0.05) is 5.69 Å². The molecule has 0 saturated carbocycles. The van der Waals surface area contributed by atoms with Crippen LogP contribution in [-0.4, -0.2) is 11.5 Å². The van der Waals surface area contributed by atoms with Gasteiger partial charge in [0.2, 0.25) is 0 Å². The van der Waals surface area contributed by atoms with E-state index in [0.717, 1.165) is 11.3 Å². The summed E-state index contributed by atoms with van der Waals surface area (Å²) >= 11 is 0. The van der Waals surface area contributed by atoms with Crippen LogP contribution in [0.4, 0.5) is 4.39 Å². The van der Waals surface area contributed by atoms with Gasteiger partial charge < -0.3 is 10.5 Å². The zero-order chi connectivity index (χ0) is 13.0. The molecule has 0 aliphatic heterocycles. The molecule has 3 nitrogen and oxygen atoms in total. The summed E-state index contributed by atoms with van der Waals surface area (Å²) in [7, 11) is 0. The molecule has 18 heavy (non-hydrogen) atoms. The highest BCUT2D eigenvalue weighted by Crippen LogP contribution is 2.26. The summed E-state index contributed by atoms with van der Waals surface area (Å²) in [6.45, 7) is 2.35. The van der Waals surface area contributed by atoms with Gasteiger partial charge in [-0.1, -0.05) is 0 Å². The minimum atomic E-state index is -0.284. The molecule has 2 N–H and O–H groups in total. The first-order chi connectivity index (χ1) is 8.69. The smallest absolute Gasteiger partial charge is 0.145 e. The van der Waals surface area contributed by atoms with Crippen molar-refractivity contribution in [2.24, 2.45) is 5.73 Å². The summed E-state index contributed by atoms with van der Waals surface area (Å²) in [5, 5.41) is 0. The van der Waals surface area contributed by atoms with E-state index in [1.165, 1.54) is 12.1 Å². The molecular formula is C14H15FN2O. The summed E-state index contributed by atoms with van der Waals surface area (Å²) in [5.74, 6) is 0.964. The number of hydrogen-bond acceptors (Lipinski definition) is 3. The molecule has 1 heterocycles. The Labute approximate surface area is 105 Å². The first kappa shape index (κ1) is 12.5. The third kappa shape index (κ3) is 3.05. The van der Waals surface area contributed by atoms with Crippen molar-refractivity contribution in [3.8, 4) is 11.5 Å². The first-order valence-corrected chi connectivity index (χ1v) is 5.78. The summed E-state index contributed by atoms with van der Waals surface area (Å²) in [5.41, 5.74) is 7.18. The summed E-state index contributed by atoms with van der Waals surface area (Å²) in [4.78, 5) is 4.14. The Hall–Kier alpha value is -1.94. The van der Waals surface area contributed by atoms with Crippen LogP contribution >= 0.6 is 0 Å². The molecule has 0 aliphatic rings. The number of aryl methyl sites for hydroxylation is 1. The maximum atomic E-state index is 13.2. The molecular weight excluding hydrogens is 231 g/mol. The fraction of sp³-hybridized carbons (Fsp3) is 0.214. The number of rotatable bonds is 4. The average molecular weight is 246 g/mol. The number of ether oxygens (including phenoxy) is 1. The third-order valence-electron chi connectivity index (χ3n) is 2.55. The number of nitrogens with zero attached hydrogens (tertiary/aromatic N) is 1. The normalized spacial score (nSPS) is 10.4. The van der Waals surface area contributed by atoms with Crippen LogP contribution in [0.25, 0.3) is 0 Å². The Morgan fingerprint density at radius 2 is 2.11 bits per heavy atom. The molecule has 94 valence electrons. The van der Waals surface area contributed by atoms with E-state index in [-0.39, 0.29) is 5.82 Å². The highest BCUT2D eigenvalue weighted by Gasteiger charge is 2.06. The van der Waals surface area contributed by atoms with E-state index >= 15 is 0 Å². The average Bonchev–Trinajstić information content (AvgIpc) is 2.36. The number of nitrogens with two attached hydrogens (primary N) is 1. The fourth-order valence-electron chi connectivity index (χ4n) is 1.64. The Balaban J connectivity index is 2.25. The zero-order valence-corrected chi connectivity index (χ0v) is 10.2. The Bertz CT molecular complexity index is 526. The van der Waals surface area contributed by atoms with Gasteiger partial charge in [-0.25, -0.2) is 4.39 Å². The van der Waals surface area contributed by atoms with Crippen LogP contribution in [0, 0.1) is 12.7 Å². The predicted molar refractivity (Wildman–Crippen MR) is 68.2 cm³/mol. The molecule has 0 amide bonds. The van der Waals surface area contributed by atoms with E-state index in [9.17, 15) is 4.39 Å². The van der Waals surface area contributed by atoms with Crippen molar-refractivity contribution >= 4 is 0 Å². The van der Waals surface area contributed by atoms with Crippen molar-refractivity contribution in [1.82, 2.24) is 4.98 Å². The van der Waals surface area contributed by atoms with E-state index in [4.69, 9.17) is 10.5 Å². The minimum absolute atomic E-state index is 0.284. The van der Waals surface area contributed by atoms with E-state index in [2.05, 4.69) is 4.98 Å². The van der Waals surface area contributed by atoms with Gasteiger partial charge in [0.1, 0.15) is 17.3 Å². The SMILES string of the molecule is Cc1ccc(Oc2ccc(F)cc2CCN)cn1. The second-order valence-electron chi connectivity index (χ2n) is 4.03. The van der Waals surface area contributed by atoms with Gasteiger partial charge in [-0.05, 0) is 55.8 Å². The molecule has 1 aromatic carbocycles. The highest BCUT2D eigenvalue weighted by molar-refractivity contribution is 5.38. The largest absolute Gasteiger partial charge is 0.455 e. The molecule has 0 spiro atoms. The minimum Gasteiger partial charge on any atom is -0.455 e. The lowest BCUT2D eigenvalue weighted by Crippen LogP contribution is -2.04. The van der Waals surface area contributed by atoms with Crippen LogP contribution in [0.3, 0.4) is 0 Å². The molecule has 0 aliphatic carbocycles. The van der Waals surface area contributed by atoms with Crippen molar-refractivity contribution in [2.45, 2.75) is 13.3 Å². The molecule has 0 saturated heterocycles. The monoisotopic (exact) mass is 246 g/mol. The molecule has 0 unspecified atom stereocenters. The van der Waals surface area contributed by atoms with Gasteiger partial charge in [-0.2, -0.15) is 0 Å². The van der Waals surface area contributed by atoms with Crippen molar-refractivity contribution in [3.63, 3.8) is 0 Å². The molecule has 0 fully saturated rings. The maximum absolute atomic E-state index is 13.2. The van der Waals surface area contributed by atoms with Crippen LogP contribution in [0.1, 0.15) is 11.3 Å². The molecule has 2 rings (SSSR count). The summed E-state index contributed by atoms with van der Waals surface area (Å²) in [6.07, 6.45) is 2.22. The van der Waals surface area contributed by atoms with Crippen LogP contribution < -0.4 is 10.5 Å². The van der Waals surface area contributed by atoms with Gasteiger partial charge in [-0.3, -0.25) is 4.98 Å². The second kappa shape index (κ2) is 5.60. The quantitative estimate of drug-likeness (QED) is 0.902. The number of halogens is 1. The Morgan fingerprint density at radius 1 is 1.28 bits per heavy atom. The van der Waals surface area contributed by atoms with Crippen LogP contribution in [0.15, 0.2) is 36.5 Å². The fourth-order valence-corrected chi connectivity index (χ4v) is 1.64. The van der Waals surface area contributed by atoms with Crippen LogP contribution in [0.2, 0.25) is 0 Å². The van der Waals surface area contributed by atoms with Crippen molar-refractivity contribution < 1.29 is 9.13 Å². The van der Waals surface area contributed by atoms with Gasteiger partial charge in [-0.15, -0.1) is 0 Å². The van der Waals surface area contributed by atoms with E-state index in [1.807, 2.05) is 19.1 Å². The standard InChI is InChI=1S/C14H15FN2O/c1-10-2-4-13(9-17-10)18-14-5-3-12(15)8-11(14)6-7-16/h2-5,8-9H,6-7,16H2,1H3. The molecule has 4 heteroatoms. The topological polar surface area (TPSA) is 48.1 Å². The number of benzene rings is 1. The summed E-state index contributed by atoms with van der Waals surface area (Å²) in [6, 6.07) is 8.13. The Morgan fingerprint density at radius 3 is 2.78 bits per heavy atom.